The van der Waals surface area contributed by atoms with Gasteiger partial charge >= 0.3 is 6.18 Å². The number of hydrogen-bond donors (Lipinski definition) is 2. The fraction of sp³-hybridized carbons (Fsp3) is 0.333. The molecule has 7 heteroatoms. The van der Waals surface area contributed by atoms with E-state index in [1.54, 1.807) is 6.07 Å². The summed E-state index contributed by atoms with van der Waals surface area (Å²) in [6, 6.07) is 4.59. The van der Waals surface area contributed by atoms with Gasteiger partial charge in [0.25, 0.3) is 0 Å². The van der Waals surface area contributed by atoms with Crippen LogP contribution < -0.4 is 11.1 Å². The van der Waals surface area contributed by atoms with Crippen LogP contribution in [0.1, 0.15) is 12.1 Å². The van der Waals surface area contributed by atoms with Crippen molar-refractivity contribution in [2.45, 2.75) is 12.6 Å². The van der Waals surface area contributed by atoms with Crippen molar-refractivity contribution in [3.05, 3.63) is 17.8 Å². The number of anilines is 2. The van der Waals surface area contributed by atoms with Crippen molar-refractivity contribution in [3.63, 3.8) is 0 Å². The van der Waals surface area contributed by atoms with E-state index in [2.05, 4.69) is 10.3 Å². The maximum absolute atomic E-state index is 11.8. The molecule has 0 aliphatic rings. The van der Waals surface area contributed by atoms with E-state index in [1.165, 1.54) is 12.1 Å². The summed E-state index contributed by atoms with van der Waals surface area (Å²) in [4.78, 5) is 3.75. The van der Waals surface area contributed by atoms with Crippen LogP contribution in [-0.2, 0) is 0 Å². The molecular weight excluding hydrogens is 221 g/mol. The number of halogens is 3. The molecule has 1 heterocycles. The normalized spacial score (nSPS) is 10.9. The molecule has 86 valence electrons. The standard InChI is InChI=1S/C9H9F3N4/c10-9(11,12)3-4-15-8-2-1-6(14)7(5-13)16-8/h1-2H,3-4,14H2,(H,15,16). The number of pyridine rings is 1. The predicted molar refractivity (Wildman–Crippen MR) is 52.5 cm³/mol. The van der Waals surface area contributed by atoms with E-state index < -0.39 is 12.6 Å². The van der Waals surface area contributed by atoms with E-state index in [9.17, 15) is 13.2 Å². The van der Waals surface area contributed by atoms with Crippen LogP contribution in [-0.4, -0.2) is 17.7 Å². The van der Waals surface area contributed by atoms with E-state index in [4.69, 9.17) is 11.0 Å². The second kappa shape index (κ2) is 4.70. The lowest BCUT2D eigenvalue weighted by atomic mass is 10.3. The van der Waals surface area contributed by atoms with E-state index in [0.717, 1.165) is 0 Å². The van der Waals surface area contributed by atoms with Crippen molar-refractivity contribution in [1.29, 1.82) is 5.26 Å². The first-order chi connectivity index (χ1) is 7.42. The third-order valence-corrected chi connectivity index (χ3v) is 1.75. The summed E-state index contributed by atoms with van der Waals surface area (Å²) in [5.41, 5.74) is 5.60. The maximum Gasteiger partial charge on any atom is 0.390 e. The number of hydrogen-bond acceptors (Lipinski definition) is 4. The molecule has 4 nitrogen and oxygen atoms in total. The summed E-state index contributed by atoms with van der Waals surface area (Å²) in [5.74, 6) is 0.204. The molecular formula is C9H9F3N4. The largest absolute Gasteiger partial charge is 0.396 e. The highest BCUT2D eigenvalue weighted by Gasteiger charge is 2.26. The molecule has 0 aromatic carbocycles. The molecule has 1 rings (SSSR count). The van der Waals surface area contributed by atoms with Crippen LogP contribution in [0, 0.1) is 11.3 Å². The summed E-state index contributed by atoms with van der Waals surface area (Å²) < 4.78 is 35.5. The van der Waals surface area contributed by atoms with Gasteiger partial charge in [-0.3, -0.25) is 0 Å². The second-order valence-corrected chi connectivity index (χ2v) is 3.04. The van der Waals surface area contributed by atoms with Crippen molar-refractivity contribution in [3.8, 4) is 6.07 Å². The number of nitrogens with one attached hydrogen (secondary N) is 1. The van der Waals surface area contributed by atoms with Gasteiger partial charge in [0.15, 0.2) is 5.69 Å². The van der Waals surface area contributed by atoms with E-state index in [0.29, 0.717) is 0 Å². The molecule has 3 N–H and O–H groups in total. The van der Waals surface area contributed by atoms with Crippen LogP contribution >= 0.6 is 0 Å². The van der Waals surface area contributed by atoms with Gasteiger partial charge in [0.05, 0.1) is 12.1 Å². The number of nitrogens with two attached hydrogens (primary N) is 1. The molecule has 0 atom stereocenters. The van der Waals surface area contributed by atoms with Crippen molar-refractivity contribution in [1.82, 2.24) is 4.98 Å². The van der Waals surface area contributed by atoms with Crippen molar-refractivity contribution in [2.24, 2.45) is 0 Å². The number of nitriles is 1. The molecule has 0 aliphatic carbocycles. The molecule has 0 saturated carbocycles. The van der Waals surface area contributed by atoms with Crippen molar-refractivity contribution < 1.29 is 13.2 Å². The smallest absolute Gasteiger partial charge is 0.390 e. The van der Waals surface area contributed by atoms with Gasteiger partial charge < -0.3 is 11.1 Å². The lowest BCUT2D eigenvalue weighted by molar-refractivity contribution is -0.131. The Kier molecular flexibility index (Phi) is 3.55. The molecule has 0 bridgehead atoms. The summed E-state index contributed by atoms with van der Waals surface area (Å²) in [6.07, 6.45) is -5.17. The Bertz CT molecular complexity index is 408. The molecule has 16 heavy (non-hydrogen) atoms. The van der Waals surface area contributed by atoms with Crippen LogP contribution in [0.25, 0.3) is 0 Å². The molecule has 1 aromatic heterocycles. The number of rotatable bonds is 3. The Labute approximate surface area is 89.9 Å². The van der Waals surface area contributed by atoms with Crippen LogP contribution in [0.5, 0.6) is 0 Å². The molecule has 0 spiro atoms. The Morgan fingerprint density at radius 1 is 1.44 bits per heavy atom. The average molecular weight is 230 g/mol. The van der Waals surface area contributed by atoms with E-state index in [-0.39, 0.29) is 23.7 Å². The Hall–Kier alpha value is -1.97. The third-order valence-electron chi connectivity index (χ3n) is 1.75. The number of alkyl halides is 3. The maximum atomic E-state index is 11.8. The SMILES string of the molecule is N#Cc1nc(NCCC(F)(F)F)ccc1N. The van der Waals surface area contributed by atoms with Crippen LogP contribution in [0.4, 0.5) is 24.7 Å². The molecule has 0 aliphatic heterocycles. The van der Waals surface area contributed by atoms with Gasteiger partial charge in [-0.2, -0.15) is 18.4 Å². The predicted octanol–water partition coefficient (Wildman–Crippen LogP) is 1.90. The van der Waals surface area contributed by atoms with Gasteiger partial charge in [-0.25, -0.2) is 4.98 Å². The van der Waals surface area contributed by atoms with Crippen molar-refractivity contribution in [2.75, 3.05) is 17.6 Å². The topological polar surface area (TPSA) is 74.7 Å². The number of nitrogen functional groups attached to an aromatic ring is 1. The van der Waals surface area contributed by atoms with Crippen molar-refractivity contribution >= 4 is 11.5 Å². The minimum Gasteiger partial charge on any atom is -0.396 e. The van der Waals surface area contributed by atoms with E-state index in [1.807, 2.05) is 0 Å². The second-order valence-electron chi connectivity index (χ2n) is 3.04. The van der Waals surface area contributed by atoms with E-state index >= 15 is 0 Å². The molecule has 0 radical (unpaired) electrons. The van der Waals surface area contributed by atoms with Crippen LogP contribution in [0.2, 0.25) is 0 Å². The molecule has 0 unspecified atom stereocenters. The zero-order valence-electron chi connectivity index (χ0n) is 8.17. The highest BCUT2D eigenvalue weighted by atomic mass is 19.4. The lowest BCUT2D eigenvalue weighted by Crippen LogP contribution is -2.15. The first kappa shape index (κ1) is 12.1. The minimum atomic E-state index is -4.21. The zero-order valence-corrected chi connectivity index (χ0v) is 8.17. The molecule has 0 amide bonds. The van der Waals surface area contributed by atoms with Gasteiger partial charge in [-0.1, -0.05) is 0 Å². The highest BCUT2D eigenvalue weighted by molar-refractivity contribution is 5.54. The third kappa shape index (κ3) is 3.65. The summed E-state index contributed by atoms with van der Waals surface area (Å²) in [7, 11) is 0. The van der Waals surface area contributed by atoms with Crippen LogP contribution in [0.3, 0.4) is 0 Å². The summed E-state index contributed by atoms with van der Waals surface area (Å²) in [5, 5.41) is 11.1. The Balaban J connectivity index is 2.59. The summed E-state index contributed by atoms with van der Waals surface area (Å²) in [6.45, 7) is -0.286. The Morgan fingerprint density at radius 2 is 2.12 bits per heavy atom. The zero-order chi connectivity index (χ0) is 12.2. The van der Waals surface area contributed by atoms with Gasteiger partial charge in [-0.15, -0.1) is 0 Å². The van der Waals surface area contributed by atoms with Gasteiger partial charge in [0.1, 0.15) is 11.9 Å². The Morgan fingerprint density at radius 3 is 2.69 bits per heavy atom. The first-order valence-electron chi connectivity index (χ1n) is 4.39. The average Bonchev–Trinajstić information content (AvgIpc) is 2.18. The quantitative estimate of drug-likeness (QED) is 0.831. The summed E-state index contributed by atoms with van der Waals surface area (Å²) >= 11 is 0. The first-order valence-corrected chi connectivity index (χ1v) is 4.39. The fourth-order valence-corrected chi connectivity index (χ4v) is 0.990. The monoisotopic (exact) mass is 230 g/mol. The lowest BCUT2D eigenvalue weighted by Gasteiger charge is -2.08. The minimum absolute atomic E-state index is 0.00277. The number of aromatic nitrogens is 1. The van der Waals surface area contributed by atoms with Gasteiger partial charge in [-0.05, 0) is 12.1 Å². The fourth-order valence-electron chi connectivity index (χ4n) is 0.990. The van der Waals surface area contributed by atoms with Crippen LogP contribution in [0.15, 0.2) is 12.1 Å². The molecule has 1 aromatic rings. The number of nitrogens with zero attached hydrogens (tertiary/aromatic N) is 2. The highest BCUT2D eigenvalue weighted by Crippen LogP contribution is 2.19. The molecule has 0 saturated heterocycles. The molecule has 0 fully saturated rings. The van der Waals surface area contributed by atoms with Gasteiger partial charge in [0, 0.05) is 6.54 Å². The van der Waals surface area contributed by atoms with Gasteiger partial charge in [0.2, 0.25) is 0 Å².